The number of anilines is 3. The van der Waals surface area contributed by atoms with Crippen LogP contribution in [0.3, 0.4) is 0 Å². The summed E-state index contributed by atoms with van der Waals surface area (Å²) in [6, 6.07) is 66.8. The third-order valence-electron chi connectivity index (χ3n) is 9.27. The Labute approximate surface area is 279 Å². The lowest BCUT2D eigenvalue weighted by atomic mass is 9.95. The van der Waals surface area contributed by atoms with Crippen LogP contribution < -0.4 is 4.90 Å². The van der Waals surface area contributed by atoms with Gasteiger partial charge in [-0.2, -0.15) is 0 Å². The molecule has 1 aromatic heterocycles. The summed E-state index contributed by atoms with van der Waals surface area (Å²) in [5, 5.41) is 4.61. The van der Waals surface area contributed by atoms with Gasteiger partial charge in [-0.1, -0.05) is 140 Å². The first-order valence-corrected chi connectivity index (χ1v) is 16.4. The Morgan fingerprint density at radius 1 is 0.375 bits per heavy atom. The average molecular weight is 614 g/mol. The second-order valence-electron chi connectivity index (χ2n) is 12.1. The monoisotopic (exact) mass is 613 g/mol. The third-order valence-corrected chi connectivity index (χ3v) is 9.27. The van der Waals surface area contributed by atoms with Gasteiger partial charge < -0.3 is 9.32 Å². The van der Waals surface area contributed by atoms with Gasteiger partial charge in [-0.05, 0) is 81.7 Å². The lowest BCUT2D eigenvalue weighted by Gasteiger charge is -2.28. The SMILES string of the molecule is c1ccc(-c2ccc(N(c3ccccc3)c3ccc(-c4cccc5oc6c7ccccc7ccc6c45)cc3)c(-c3ccccc3)c2)cc1. The van der Waals surface area contributed by atoms with Crippen molar-refractivity contribution in [2.24, 2.45) is 0 Å². The van der Waals surface area contributed by atoms with Crippen molar-refractivity contribution in [1.29, 1.82) is 0 Å². The molecule has 9 aromatic rings. The Hall–Kier alpha value is -6.38. The fourth-order valence-electron chi connectivity index (χ4n) is 6.98. The molecule has 0 bridgehead atoms. The number of fused-ring (bicyclic) bond motifs is 5. The van der Waals surface area contributed by atoms with Crippen molar-refractivity contribution in [3.63, 3.8) is 0 Å². The second kappa shape index (κ2) is 11.8. The fraction of sp³-hybridized carbons (Fsp3) is 0. The zero-order chi connectivity index (χ0) is 31.9. The molecule has 48 heavy (non-hydrogen) atoms. The van der Waals surface area contributed by atoms with E-state index in [9.17, 15) is 0 Å². The first-order chi connectivity index (χ1) is 23.8. The number of para-hydroxylation sites is 1. The van der Waals surface area contributed by atoms with E-state index in [1.165, 1.54) is 27.6 Å². The first kappa shape index (κ1) is 27.9. The maximum atomic E-state index is 6.49. The second-order valence-corrected chi connectivity index (χ2v) is 12.1. The van der Waals surface area contributed by atoms with Crippen molar-refractivity contribution in [3.8, 4) is 33.4 Å². The number of benzene rings is 8. The van der Waals surface area contributed by atoms with Crippen LogP contribution in [0.15, 0.2) is 192 Å². The summed E-state index contributed by atoms with van der Waals surface area (Å²) >= 11 is 0. The molecule has 0 aliphatic rings. The van der Waals surface area contributed by atoms with Gasteiger partial charge in [0.25, 0.3) is 0 Å². The summed E-state index contributed by atoms with van der Waals surface area (Å²) in [5.74, 6) is 0. The molecule has 2 heteroatoms. The van der Waals surface area contributed by atoms with Crippen molar-refractivity contribution in [2.75, 3.05) is 4.90 Å². The van der Waals surface area contributed by atoms with Crippen molar-refractivity contribution in [2.45, 2.75) is 0 Å². The lowest BCUT2D eigenvalue weighted by Crippen LogP contribution is -2.11. The number of hydrogen-bond donors (Lipinski definition) is 0. The van der Waals surface area contributed by atoms with E-state index in [0.29, 0.717) is 0 Å². The maximum Gasteiger partial charge on any atom is 0.143 e. The minimum Gasteiger partial charge on any atom is -0.455 e. The van der Waals surface area contributed by atoms with Crippen LogP contribution in [0.2, 0.25) is 0 Å². The highest BCUT2D eigenvalue weighted by Gasteiger charge is 2.19. The predicted octanol–water partition coefficient (Wildman–Crippen LogP) is 13.2. The molecule has 0 saturated carbocycles. The largest absolute Gasteiger partial charge is 0.455 e. The molecule has 0 aliphatic heterocycles. The normalized spacial score (nSPS) is 11.3. The van der Waals surface area contributed by atoms with Gasteiger partial charge in [0.1, 0.15) is 11.2 Å². The fourth-order valence-corrected chi connectivity index (χ4v) is 6.98. The molecular weight excluding hydrogens is 583 g/mol. The van der Waals surface area contributed by atoms with Crippen LogP contribution in [-0.4, -0.2) is 0 Å². The van der Waals surface area contributed by atoms with E-state index in [1.54, 1.807) is 0 Å². The Balaban J connectivity index is 1.19. The van der Waals surface area contributed by atoms with Gasteiger partial charge in [0.05, 0.1) is 5.69 Å². The predicted molar refractivity (Wildman–Crippen MR) is 202 cm³/mol. The Bertz CT molecular complexity index is 2530. The molecule has 2 nitrogen and oxygen atoms in total. The van der Waals surface area contributed by atoms with Crippen LogP contribution >= 0.6 is 0 Å². The third kappa shape index (κ3) is 4.83. The number of furan rings is 1. The topological polar surface area (TPSA) is 16.4 Å². The van der Waals surface area contributed by atoms with Crippen LogP contribution in [0.25, 0.3) is 66.1 Å². The van der Waals surface area contributed by atoms with E-state index in [0.717, 1.165) is 55.5 Å². The van der Waals surface area contributed by atoms with Gasteiger partial charge in [-0.3, -0.25) is 0 Å². The Kier molecular flexibility index (Phi) is 6.84. The molecule has 0 unspecified atom stereocenters. The molecule has 0 saturated heterocycles. The standard InChI is InChI=1S/C46H31NO/c1-4-13-32(14-5-1)36-26-30-43(42(31-36)33-15-6-2-7-16-33)47(37-18-8-3-9-19-37)38-27-23-35(24-28-38)39-21-12-22-44-45(39)41-29-25-34-17-10-11-20-40(34)46(41)48-44/h1-31H. The van der Waals surface area contributed by atoms with Gasteiger partial charge in [0, 0.05) is 33.1 Å². The number of hydrogen-bond acceptors (Lipinski definition) is 2. The molecule has 0 fully saturated rings. The highest BCUT2D eigenvalue weighted by Crippen LogP contribution is 2.44. The van der Waals surface area contributed by atoms with Crippen molar-refractivity contribution >= 4 is 49.8 Å². The molecular formula is C46H31NO. The Morgan fingerprint density at radius 2 is 1.00 bits per heavy atom. The van der Waals surface area contributed by atoms with Crippen LogP contribution in [0, 0.1) is 0 Å². The van der Waals surface area contributed by atoms with Crippen LogP contribution in [0.4, 0.5) is 17.1 Å². The zero-order valence-electron chi connectivity index (χ0n) is 26.3. The summed E-state index contributed by atoms with van der Waals surface area (Å²) < 4.78 is 6.49. The molecule has 0 aliphatic carbocycles. The van der Waals surface area contributed by atoms with Crippen LogP contribution in [0.5, 0.6) is 0 Å². The summed E-state index contributed by atoms with van der Waals surface area (Å²) in [5.41, 5.74) is 12.2. The summed E-state index contributed by atoms with van der Waals surface area (Å²) in [7, 11) is 0. The zero-order valence-corrected chi connectivity index (χ0v) is 26.3. The molecule has 0 spiro atoms. The summed E-state index contributed by atoms with van der Waals surface area (Å²) in [6.45, 7) is 0. The maximum absolute atomic E-state index is 6.49. The van der Waals surface area contributed by atoms with Crippen molar-refractivity contribution < 1.29 is 4.42 Å². The van der Waals surface area contributed by atoms with E-state index in [4.69, 9.17) is 4.42 Å². The van der Waals surface area contributed by atoms with Gasteiger partial charge >= 0.3 is 0 Å². The van der Waals surface area contributed by atoms with Gasteiger partial charge in [0.15, 0.2) is 0 Å². The van der Waals surface area contributed by atoms with Gasteiger partial charge in [-0.25, -0.2) is 0 Å². The summed E-state index contributed by atoms with van der Waals surface area (Å²) in [6.07, 6.45) is 0. The molecule has 0 radical (unpaired) electrons. The highest BCUT2D eigenvalue weighted by atomic mass is 16.3. The average Bonchev–Trinajstić information content (AvgIpc) is 3.56. The minimum absolute atomic E-state index is 0.903. The highest BCUT2D eigenvalue weighted by molar-refractivity contribution is 6.19. The smallest absolute Gasteiger partial charge is 0.143 e. The molecule has 226 valence electrons. The van der Waals surface area contributed by atoms with Crippen molar-refractivity contribution in [3.05, 3.63) is 188 Å². The number of rotatable bonds is 6. The molecule has 1 heterocycles. The van der Waals surface area contributed by atoms with E-state index in [1.807, 2.05) is 0 Å². The van der Waals surface area contributed by atoms with Gasteiger partial charge in [-0.15, -0.1) is 0 Å². The van der Waals surface area contributed by atoms with Crippen molar-refractivity contribution in [1.82, 2.24) is 0 Å². The molecule has 9 rings (SSSR count). The lowest BCUT2D eigenvalue weighted by molar-refractivity contribution is 0.673. The summed E-state index contributed by atoms with van der Waals surface area (Å²) in [4.78, 5) is 2.36. The molecule has 8 aromatic carbocycles. The Morgan fingerprint density at radius 3 is 1.77 bits per heavy atom. The molecule has 0 atom stereocenters. The van der Waals surface area contributed by atoms with E-state index in [-0.39, 0.29) is 0 Å². The minimum atomic E-state index is 0.903. The van der Waals surface area contributed by atoms with E-state index >= 15 is 0 Å². The van der Waals surface area contributed by atoms with Gasteiger partial charge in [0.2, 0.25) is 0 Å². The quantitative estimate of drug-likeness (QED) is 0.185. The molecule has 0 amide bonds. The van der Waals surface area contributed by atoms with E-state index in [2.05, 4.69) is 193 Å². The number of nitrogens with zero attached hydrogens (tertiary/aromatic N) is 1. The first-order valence-electron chi connectivity index (χ1n) is 16.4. The van der Waals surface area contributed by atoms with Crippen LogP contribution in [0.1, 0.15) is 0 Å². The molecule has 0 N–H and O–H groups in total. The van der Waals surface area contributed by atoms with Crippen LogP contribution in [-0.2, 0) is 0 Å². The van der Waals surface area contributed by atoms with E-state index < -0.39 is 0 Å².